The molecule has 1 atom stereocenters. The highest BCUT2D eigenvalue weighted by atomic mass is 15.1. The van der Waals surface area contributed by atoms with Crippen LogP contribution in [-0.4, -0.2) is 29.0 Å². The quantitative estimate of drug-likeness (QED) is 0.874. The predicted octanol–water partition coefficient (Wildman–Crippen LogP) is 2.47. The zero-order valence-corrected chi connectivity index (χ0v) is 10.1. The van der Waals surface area contributed by atoms with Crippen molar-refractivity contribution in [2.45, 2.75) is 18.9 Å². The number of benzene rings is 1. The van der Waals surface area contributed by atoms with Crippen molar-refractivity contribution in [2.24, 2.45) is 0 Å². The number of aromatic nitrogens is 2. The zero-order chi connectivity index (χ0) is 12.3. The standard InChI is InChI=1S/C13H16N4/c1-17(2)13(4-3-7-14)10-5-6-11-12(8-10)16-9-15-11/h5-6,8-9,13H,3-4H2,1-2H3,(H,15,16). The Bertz CT molecular complexity index is 536. The number of fused-ring (bicyclic) bond motifs is 1. The van der Waals surface area contributed by atoms with Gasteiger partial charge >= 0.3 is 0 Å². The Balaban J connectivity index is 2.31. The van der Waals surface area contributed by atoms with Gasteiger partial charge in [-0.25, -0.2) is 4.98 Å². The van der Waals surface area contributed by atoms with E-state index in [1.165, 1.54) is 5.56 Å². The van der Waals surface area contributed by atoms with Crippen LogP contribution in [0.5, 0.6) is 0 Å². The average molecular weight is 228 g/mol. The van der Waals surface area contributed by atoms with Gasteiger partial charge in [0, 0.05) is 12.5 Å². The van der Waals surface area contributed by atoms with Crippen LogP contribution >= 0.6 is 0 Å². The summed E-state index contributed by atoms with van der Waals surface area (Å²) in [6.45, 7) is 0. The molecule has 0 aliphatic carbocycles. The Kier molecular flexibility index (Phi) is 3.40. The molecular weight excluding hydrogens is 212 g/mol. The van der Waals surface area contributed by atoms with E-state index in [2.05, 4.69) is 33.1 Å². The molecule has 4 heteroatoms. The lowest BCUT2D eigenvalue weighted by atomic mass is 10.0. The molecule has 1 aromatic carbocycles. The molecule has 1 aromatic heterocycles. The summed E-state index contributed by atoms with van der Waals surface area (Å²) in [5, 5.41) is 8.70. The van der Waals surface area contributed by atoms with Gasteiger partial charge in [0.05, 0.1) is 23.4 Å². The normalized spacial score (nSPS) is 12.8. The number of nitrogens with zero attached hydrogens (tertiary/aromatic N) is 3. The monoisotopic (exact) mass is 228 g/mol. The lowest BCUT2D eigenvalue weighted by molar-refractivity contribution is 0.286. The first kappa shape index (κ1) is 11.6. The molecule has 0 saturated carbocycles. The summed E-state index contributed by atoms with van der Waals surface area (Å²) in [6, 6.07) is 8.71. The predicted molar refractivity (Wildman–Crippen MR) is 67.4 cm³/mol. The number of hydrogen-bond donors (Lipinski definition) is 1. The van der Waals surface area contributed by atoms with E-state index in [1.54, 1.807) is 6.33 Å². The minimum absolute atomic E-state index is 0.280. The first-order chi connectivity index (χ1) is 8.22. The van der Waals surface area contributed by atoms with Gasteiger partial charge in [0.25, 0.3) is 0 Å². The van der Waals surface area contributed by atoms with E-state index < -0.39 is 0 Å². The highest BCUT2D eigenvalue weighted by Crippen LogP contribution is 2.25. The lowest BCUT2D eigenvalue weighted by Gasteiger charge is -2.23. The molecule has 0 fully saturated rings. The van der Waals surface area contributed by atoms with E-state index in [0.29, 0.717) is 6.42 Å². The zero-order valence-electron chi connectivity index (χ0n) is 10.1. The summed E-state index contributed by atoms with van der Waals surface area (Å²) in [6.07, 6.45) is 3.13. The van der Waals surface area contributed by atoms with Gasteiger partial charge in [0.2, 0.25) is 0 Å². The van der Waals surface area contributed by atoms with Crippen LogP contribution < -0.4 is 0 Å². The Morgan fingerprint density at radius 1 is 1.47 bits per heavy atom. The number of H-pyrrole nitrogens is 1. The second-order valence-electron chi connectivity index (χ2n) is 4.36. The molecule has 0 aliphatic heterocycles. The Morgan fingerprint density at radius 3 is 3.00 bits per heavy atom. The highest BCUT2D eigenvalue weighted by Gasteiger charge is 2.14. The molecule has 2 rings (SSSR count). The minimum Gasteiger partial charge on any atom is -0.345 e. The summed E-state index contributed by atoms with van der Waals surface area (Å²) in [5.41, 5.74) is 3.25. The molecule has 0 saturated heterocycles. The van der Waals surface area contributed by atoms with Crippen LogP contribution in [0.4, 0.5) is 0 Å². The third-order valence-corrected chi connectivity index (χ3v) is 2.98. The Hall–Kier alpha value is -1.86. The number of hydrogen-bond acceptors (Lipinski definition) is 3. The number of nitrogens with one attached hydrogen (secondary N) is 1. The van der Waals surface area contributed by atoms with Gasteiger partial charge in [-0.05, 0) is 38.2 Å². The van der Waals surface area contributed by atoms with Gasteiger partial charge < -0.3 is 9.88 Å². The fourth-order valence-electron chi connectivity index (χ4n) is 2.08. The molecule has 4 nitrogen and oxygen atoms in total. The van der Waals surface area contributed by atoms with Gasteiger partial charge in [-0.15, -0.1) is 0 Å². The van der Waals surface area contributed by atoms with E-state index in [0.717, 1.165) is 17.5 Å². The van der Waals surface area contributed by atoms with E-state index in [4.69, 9.17) is 5.26 Å². The van der Waals surface area contributed by atoms with Crippen molar-refractivity contribution in [1.29, 1.82) is 5.26 Å². The molecule has 0 aliphatic rings. The second kappa shape index (κ2) is 4.98. The SMILES string of the molecule is CN(C)C(CCC#N)c1ccc2nc[nH]c2c1. The van der Waals surface area contributed by atoms with E-state index in [9.17, 15) is 0 Å². The molecule has 17 heavy (non-hydrogen) atoms. The summed E-state index contributed by atoms with van der Waals surface area (Å²) >= 11 is 0. The third-order valence-electron chi connectivity index (χ3n) is 2.98. The molecular formula is C13H16N4. The Labute approximate surface area is 101 Å². The van der Waals surface area contributed by atoms with Crippen LogP contribution in [0, 0.1) is 11.3 Å². The van der Waals surface area contributed by atoms with Crippen LogP contribution in [0.2, 0.25) is 0 Å². The van der Waals surface area contributed by atoms with Crippen LogP contribution in [0.1, 0.15) is 24.4 Å². The van der Waals surface area contributed by atoms with Gasteiger partial charge in [0.1, 0.15) is 0 Å². The summed E-state index contributed by atoms with van der Waals surface area (Å²) in [5.74, 6) is 0. The van der Waals surface area contributed by atoms with Crippen molar-refractivity contribution in [1.82, 2.24) is 14.9 Å². The number of imidazole rings is 1. The summed E-state index contributed by atoms with van der Waals surface area (Å²) in [4.78, 5) is 9.47. The molecule has 1 unspecified atom stereocenters. The summed E-state index contributed by atoms with van der Waals surface area (Å²) < 4.78 is 0. The van der Waals surface area contributed by atoms with E-state index in [-0.39, 0.29) is 6.04 Å². The van der Waals surface area contributed by atoms with Gasteiger partial charge in [-0.3, -0.25) is 0 Å². The van der Waals surface area contributed by atoms with Gasteiger partial charge in [0.15, 0.2) is 0 Å². The molecule has 0 radical (unpaired) electrons. The summed E-state index contributed by atoms with van der Waals surface area (Å²) in [7, 11) is 4.08. The lowest BCUT2D eigenvalue weighted by Crippen LogP contribution is -2.19. The smallest absolute Gasteiger partial charge is 0.0931 e. The van der Waals surface area contributed by atoms with Crippen molar-refractivity contribution in [3.8, 4) is 6.07 Å². The van der Waals surface area contributed by atoms with E-state index in [1.807, 2.05) is 20.2 Å². The maximum Gasteiger partial charge on any atom is 0.0931 e. The molecule has 0 spiro atoms. The van der Waals surface area contributed by atoms with Crippen LogP contribution in [0.3, 0.4) is 0 Å². The van der Waals surface area contributed by atoms with Gasteiger partial charge in [-0.2, -0.15) is 5.26 Å². The van der Waals surface area contributed by atoms with Crippen molar-refractivity contribution in [3.63, 3.8) is 0 Å². The highest BCUT2D eigenvalue weighted by molar-refractivity contribution is 5.75. The Morgan fingerprint density at radius 2 is 2.29 bits per heavy atom. The molecule has 0 amide bonds. The molecule has 1 N–H and O–H groups in total. The van der Waals surface area contributed by atoms with Gasteiger partial charge in [-0.1, -0.05) is 6.07 Å². The fraction of sp³-hybridized carbons (Fsp3) is 0.385. The van der Waals surface area contributed by atoms with Crippen molar-refractivity contribution >= 4 is 11.0 Å². The maximum absolute atomic E-state index is 8.70. The fourth-order valence-corrected chi connectivity index (χ4v) is 2.08. The topological polar surface area (TPSA) is 55.7 Å². The van der Waals surface area contributed by atoms with Crippen LogP contribution in [-0.2, 0) is 0 Å². The first-order valence-corrected chi connectivity index (χ1v) is 5.69. The van der Waals surface area contributed by atoms with Crippen molar-refractivity contribution < 1.29 is 0 Å². The number of rotatable bonds is 4. The molecule has 88 valence electrons. The first-order valence-electron chi connectivity index (χ1n) is 5.69. The van der Waals surface area contributed by atoms with Crippen LogP contribution in [0.25, 0.3) is 11.0 Å². The largest absolute Gasteiger partial charge is 0.345 e. The molecule has 1 heterocycles. The average Bonchev–Trinajstić information content (AvgIpc) is 2.76. The second-order valence-corrected chi connectivity index (χ2v) is 4.36. The third kappa shape index (κ3) is 2.45. The maximum atomic E-state index is 8.70. The molecule has 2 aromatic rings. The molecule has 0 bridgehead atoms. The van der Waals surface area contributed by atoms with Crippen molar-refractivity contribution in [2.75, 3.05) is 14.1 Å². The van der Waals surface area contributed by atoms with Crippen molar-refractivity contribution in [3.05, 3.63) is 30.1 Å². The van der Waals surface area contributed by atoms with Crippen LogP contribution in [0.15, 0.2) is 24.5 Å². The van der Waals surface area contributed by atoms with E-state index >= 15 is 0 Å². The number of nitriles is 1. The minimum atomic E-state index is 0.280. The number of aromatic amines is 1.